The second-order valence-corrected chi connectivity index (χ2v) is 3.83. The van der Waals surface area contributed by atoms with Crippen LogP contribution in [0.25, 0.3) is 0 Å². The van der Waals surface area contributed by atoms with E-state index >= 15 is 0 Å². The van der Waals surface area contributed by atoms with E-state index < -0.39 is 0 Å². The minimum absolute atomic E-state index is 0.379. The Morgan fingerprint density at radius 3 is 2.77 bits per heavy atom. The molecule has 0 amide bonds. The van der Waals surface area contributed by atoms with Crippen LogP contribution in [0.15, 0.2) is 12.7 Å². The van der Waals surface area contributed by atoms with Gasteiger partial charge in [-0.05, 0) is 38.0 Å². The molecule has 2 N–H and O–H groups in total. The van der Waals surface area contributed by atoms with E-state index in [1.807, 2.05) is 6.08 Å². The first-order valence-corrected chi connectivity index (χ1v) is 5.29. The Hall–Kier alpha value is -0.340. The molecule has 0 aromatic carbocycles. The van der Waals surface area contributed by atoms with Crippen LogP contribution < -0.4 is 5.73 Å². The minimum Gasteiger partial charge on any atom is -0.381 e. The number of nitrogens with two attached hydrogens (primary N) is 1. The Balaban J connectivity index is 2.13. The van der Waals surface area contributed by atoms with Gasteiger partial charge in [-0.25, -0.2) is 0 Å². The van der Waals surface area contributed by atoms with Crippen molar-refractivity contribution in [2.24, 2.45) is 11.7 Å². The molecule has 1 unspecified atom stereocenters. The molecule has 0 aromatic heterocycles. The standard InChI is InChI=1S/C11H21NO/c1-2-3-4-5-11(12)10-6-8-13-9-7-10/h2,10-11H,1,3-9,12H2. The largest absolute Gasteiger partial charge is 0.381 e. The molecule has 1 saturated heterocycles. The molecule has 2 heteroatoms. The Labute approximate surface area is 81.1 Å². The summed E-state index contributed by atoms with van der Waals surface area (Å²) in [4.78, 5) is 0. The van der Waals surface area contributed by atoms with Crippen molar-refractivity contribution in [2.75, 3.05) is 13.2 Å². The molecule has 1 aliphatic heterocycles. The Bertz CT molecular complexity index is 141. The van der Waals surface area contributed by atoms with Crippen LogP contribution in [0.4, 0.5) is 0 Å². The van der Waals surface area contributed by atoms with Crippen LogP contribution in [0.3, 0.4) is 0 Å². The number of ether oxygens (including phenoxy) is 1. The van der Waals surface area contributed by atoms with E-state index in [1.54, 1.807) is 0 Å². The van der Waals surface area contributed by atoms with E-state index in [1.165, 1.54) is 6.42 Å². The lowest BCUT2D eigenvalue weighted by Crippen LogP contribution is -2.34. The third kappa shape index (κ3) is 3.92. The van der Waals surface area contributed by atoms with E-state index in [9.17, 15) is 0 Å². The molecule has 1 atom stereocenters. The lowest BCUT2D eigenvalue weighted by molar-refractivity contribution is 0.0573. The Morgan fingerprint density at radius 2 is 2.15 bits per heavy atom. The fourth-order valence-electron chi connectivity index (χ4n) is 1.88. The molecule has 1 aliphatic rings. The zero-order valence-corrected chi connectivity index (χ0v) is 8.37. The summed E-state index contributed by atoms with van der Waals surface area (Å²) in [7, 11) is 0. The molecule has 0 radical (unpaired) electrons. The highest BCUT2D eigenvalue weighted by Gasteiger charge is 2.19. The average molecular weight is 183 g/mol. The Morgan fingerprint density at radius 1 is 1.46 bits per heavy atom. The summed E-state index contributed by atoms with van der Waals surface area (Å²) < 4.78 is 5.30. The van der Waals surface area contributed by atoms with Gasteiger partial charge in [-0.1, -0.05) is 6.08 Å². The molecule has 0 bridgehead atoms. The number of rotatable bonds is 5. The van der Waals surface area contributed by atoms with Crippen molar-refractivity contribution in [1.29, 1.82) is 0 Å². The van der Waals surface area contributed by atoms with E-state index in [0.29, 0.717) is 12.0 Å². The van der Waals surface area contributed by atoms with Crippen molar-refractivity contribution >= 4 is 0 Å². The van der Waals surface area contributed by atoms with Gasteiger partial charge in [-0.2, -0.15) is 0 Å². The molecule has 0 saturated carbocycles. The molecule has 76 valence electrons. The maximum absolute atomic E-state index is 6.10. The van der Waals surface area contributed by atoms with Gasteiger partial charge in [-0.3, -0.25) is 0 Å². The van der Waals surface area contributed by atoms with Gasteiger partial charge in [0.1, 0.15) is 0 Å². The third-order valence-electron chi connectivity index (χ3n) is 2.82. The maximum atomic E-state index is 6.10. The first-order chi connectivity index (χ1) is 6.34. The smallest absolute Gasteiger partial charge is 0.0469 e. The van der Waals surface area contributed by atoms with Crippen LogP contribution in [0.1, 0.15) is 32.1 Å². The maximum Gasteiger partial charge on any atom is 0.0469 e. The van der Waals surface area contributed by atoms with Gasteiger partial charge < -0.3 is 10.5 Å². The molecule has 0 spiro atoms. The second kappa shape index (κ2) is 6.17. The third-order valence-corrected chi connectivity index (χ3v) is 2.82. The predicted octanol–water partition coefficient (Wildman–Crippen LogP) is 2.10. The van der Waals surface area contributed by atoms with E-state index in [2.05, 4.69) is 6.58 Å². The van der Waals surface area contributed by atoms with Gasteiger partial charge >= 0.3 is 0 Å². The minimum atomic E-state index is 0.379. The summed E-state index contributed by atoms with van der Waals surface area (Å²) in [6.45, 7) is 5.51. The lowest BCUT2D eigenvalue weighted by Gasteiger charge is -2.27. The van der Waals surface area contributed by atoms with Gasteiger partial charge in [0.2, 0.25) is 0 Å². The highest BCUT2D eigenvalue weighted by atomic mass is 16.5. The number of hydrogen-bond donors (Lipinski definition) is 1. The summed E-state index contributed by atoms with van der Waals surface area (Å²) in [6, 6.07) is 0.379. The summed E-state index contributed by atoms with van der Waals surface area (Å²) in [5.74, 6) is 0.693. The molecule has 2 nitrogen and oxygen atoms in total. The van der Waals surface area contributed by atoms with Crippen molar-refractivity contribution < 1.29 is 4.74 Å². The topological polar surface area (TPSA) is 35.2 Å². The van der Waals surface area contributed by atoms with Crippen molar-refractivity contribution in [2.45, 2.75) is 38.1 Å². The predicted molar refractivity (Wildman–Crippen MR) is 55.6 cm³/mol. The molecule has 1 heterocycles. The zero-order chi connectivity index (χ0) is 9.52. The summed E-state index contributed by atoms with van der Waals surface area (Å²) in [6.07, 6.45) is 7.68. The quantitative estimate of drug-likeness (QED) is 0.523. The van der Waals surface area contributed by atoms with Crippen LogP contribution in [-0.2, 0) is 4.74 Å². The van der Waals surface area contributed by atoms with Crippen LogP contribution in [0.2, 0.25) is 0 Å². The molecular weight excluding hydrogens is 162 g/mol. The molecule has 0 aromatic rings. The first kappa shape index (κ1) is 10.7. The normalized spacial score (nSPS) is 21.3. The second-order valence-electron chi connectivity index (χ2n) is 3.83. The SMILES string of the molecule is C=CCCCC(N)C1CCOCC1. The number of unbranched alkanes of at least 4 members (excludes halogenated alkanes) is 1. The lowest BCUT2D eigenvalue weighted by atomic mass is 9.89. The van der Waals surface area contributed by atoms with Crippen molar-refractivity contribution in [3.8, 4) is 0 Å². The van der Waals surface area contributed by atoms with Crippen molar-refractivity contribution in [1.82, 2.24) is 0 Å². The van der Waals surface area contributed by atoms with E-state index in [4.69, 9.17) is 10.5 Å². The average Bonchev–Trinajstić information content (AvgIpc) is 2.19. The molecule has 1 fully saturated rings. The Kier molecular flexibility index (Phi) is 5.09. The van der Waals surface area contributed by atoms with Gasteiger partial charge in [-0.15, -0.1) is 6.58 Å². The molecule has 1 rings (SSSR count). The van der Waals surface area contributed by atoms with Crippen molar-refractivity contribution in [3.63, 3.8) is 0 Å². The zero-order valence-electron chi connectivity index (χ0n) is 8.37. The monoisotopic (exact) mass is 183 g/mol. The van der Waals surface area contributed by atoms with Gasteiger partial charge in [0, 0.05) is 19.3 Å². The van der Waals surface area contributed by atoms with Crippen molar-refractivity contribution in [3.05, 3.63) is 12.7 Å². The highest BCUT2D eigenvalue weighted by molar-refractivity contribution is 4.76. The summed E-state index contributed by atoms with van der Waals surface area (Å²) in [5, 5.41) is 0. The number of hydrogen-bond acceptors (Lipinski definition) is 2. The molecule has 13 heavy (non-hydrogen) atoms. The van der Waals surface area contributed by atoms with Gasteiger partial charge in [0.05, 0.1) is 0 Å². The molecular formula is C11H21NO. The highest BCUT2D eigenvalue weighted by Crippen LogP contribution is 2.20. The van der Waals surface area contributed by atoms with Crippen LogP contribution >= 0.6 is 0 Å². The van der Waals surface area contributed by atoms with E-state index in [-0.39, 0.29) is 0 Å². The number of allylic oxidation sites excluding steroid dienone is 1. The fraction of sp³-hybridized carbons (Fsp3) is 0.818. The van der Waals surface area contributed by atoms with Crippen LogP contribution in [-0.4, -0.2) is 19.3 Å². The molecule has 0 aliphatic carbocycles. The van der Waals surface area contributed by atoms with E-state index in [0.717, 1.165) is 38.9 Å². The van der Waals surface area contributed by atoms with Crippen LogP contribution in [0, 0.1) is 5.92 Å². The van der Waals surface area contributed by atoms with Gasteiger partial charge in [0.15, 0.2) is 0 Å². The van der Waals surface area contributed by atoms with Gasteiger partial charge in [0.25, 0.3) is 0 Å². The first-order valence-electron chi connectivity index (χ1n) is 5.29. The van der Waals surface area contributed by atoms with Crippen LogP contribution in [0.5, 0.6) is 0 Å². The summed E-state index contributed by atoms with van der Waals surface area (Å²) in [5.41, 5.74) is 6.10. The fourth-order valence-corrected chi connectivity index (χ4v) is 1.88. The summed E-state index contributed by atoms with van der Waals surface area (Å²) >= 11 is 0.